The van der Waals surface area contributed by atoms with E-state index in [4.69, 9.17) is 16.3 Å². The smallest absolute Gasteiger partial charge is 0.299 e. The normalized spacial score (nSPS) is 15.0. The zero-order chi connectivity index (χ0) is 31.3. The molecular weight excluding hydrogens is 592 g/mol. The Balaban J connectivity index is 1.32. The van der Waals surface area contributed by atoms with E-state index >= 15 is 0 Å². The average Bonchev–Trinajstić information content (AvgIpc) is 3.31. The number of carbonyl (C=O) groups is 4. The Hall–Kier alpha value is -4.99. The Morgan fingerprint density at radius 1 is 0.844 bits per heavy atom. The maximum atomic E-state index is 14.2. The maximum Gasteiger partial charge on any atom is 0.299 e. The third-order valence-electron chi connectivity index (χ3n) is 7.95. The van der Waals surface area contributed by atoms with E-state index in [1.54, 1.807) is 48.5 Å². The van der Waals surface area contributed by atoms with Crippen molar-refractivity contribution in [3.63, 3.8) is 0 Å². The first-order valence-corrected chi connectivity index (χ1v) is 15.0. The number of carbonyl (C=O) groups excluding carboxylic acids is 4. The van der Waals surface area contributed by atoms with Crippen LogP contribution >= 0.6 is 11.6 Å². The quantitative estimate of drug-likeness (QED) is 0.260. The Bertz CT molecular complexity index is 1710. The number of morpholine rings is 1. The number of ketones is 1. The molecule has 6 rings (SSSR count). The predicted molar refractivity (Wildman–Crippen MR) is 172 cm³/mol. The number of Topliss-reactive ketones (excluding diaryl/α,β-unsaturated/α-hetero) is 1. The zero-order valence-corrected chi connectivity index (χ0v) is 25.2. The van der Waals surface area contributed by atoms with Gasteiger partial charge in [-0.15, -0.1) is 0 Å². The standard InChI is InChI=1S/C35H31ClN4O5/c36-26-12-10-25(11-13-26)32(34(43)37-27-14-16-28(17-15-27)38-18-20-45-21-19-38)40(22-24-6-2-1-3-7-24)31(41)23-39-30-9-5-4-8-29(30)33(42)35(39)44/h1-17,32H,18-23H2,(H,37,43). The summed E-state index contributed by atoms with van der Waals surface area (Å²) >= 11 is 6.20. The third-order valence-corrected chi connectivity index (χ3v) is 8.20. The minimum atomic E-state index is -1.09. The lowest BCUT2D eigenvalue weighted by Crippen LogP contribution is -2.46. The molecule has 0 radical (unpaired) electrons. The Kier molecular flexibility index (Phi) is 8.91. The van der Waals surface area contributed by atoms with Crippen LogP contribution in [0.25, 0.3) is 0 Å². The summed E-state index contributed by atoms with van der Waals surface area (Å²) < 4.78 is 5.45. The Labute approximate surface area is 265 Å². The van der Waals surface area contributed by atoms with Crippen LogP contribution in [0, 0.1) is 0 Å². The summed E-state index contributed by atoms with van der Waals surface area (Å²) in [6, 6.07) is 29.1. The van der Waals surface area contributed by atoms with Crippen molar-refractivity contribution in [2.75, 3.05) is 48.0 Å². The highest BCUT2D eigenvalue weighted by Gasteiger charge is 2.39. The van der Waals surface area contributed by atoms with Crippen LogP contribution < -0.4 is 15.1 Å². The van der Waals surface area contributed by atoms with E-state index in [0.29, 0.717) is 35.2 Å². The van der Waals surface area contributed by atoms with E-state index in [2.05, 4.69) is 10.2 Å². The summed E-state index contributed by atoms with van der Waals surface area (Å²) in [4.78, 5) is 58.9. The van der Waals surface area contributed by atoms with Gasteiger partial charge in [0.1, 0.15) is 12.6 Å². The van der Waals surface area contributed by atoms with Crippen LogP contribution in [0.5, 0.6) is 0 Å². The van der Waals surface area contributed by atoms with Gasteiger partial charge in [0.2, 0.25) is 5.91 Å². The van der Waals surface area contributed by atoms with Crippen LogP contribution in [-0.4, -0.2) is 61.3 Å². The summed E-state index contributed by atoms with van der Waals surface area (Å²) in [5, 5.41) is 3.47. The molecule has 228 valence electrons. The number of amides is 3. The molecule has 2 aliphatic rings. The minimum absolute atomic E-state index is 0.0774. The number of hydrogen-bond donors (Lipinski definition) is 1. The molecule has 9 nitrogen and oxygen atoms in total. The number of halogens is 1. The molecular formula is C35H31ClN4O5. The van der Waals surface area contributed by atoms with E-state index in [1.807, 2.05) is 54.6 Å². The first-order valence-electron chi connectivity index (χ1n) is 14.7. The molecule has 2 heterocycles. The van der Waals surface area contributed by atoms with E-state index in [0.717, 1.165) is 24.3 Å². The molecule has 1 saturated heterocycles. The van der Waals surface area contributed by atoms with Crippen LogP contribution in [0.2, 0.25) is 5.02 Å². The highest BCUT2D eigenvalue weighted by atomic mass is 35.5. The number of benzene rings is 4. The third kappa shape index (κ3) is 6.60. The topological polar surface area (TPSA) is 99.3 Å². The highest BCUT2D eigenvalue weighted by molar-refractivity contribution is 6.52. The summed E-state index contributed by atoms with van der Waals surface area (Å²) in [6.45, 7) is 2.56. The second-order valence-electron chi connectivity index (χ2n) is 10.8. The van der Waals surface area contributed by atoms with Crippen molar-refractivity contribution in [3.05, 3.63) is 125 Å². The van der Waals surface area contributed by atoms with Crippen molar-refractivity contribution >= 4 is 52.2 Å². The first-order chi connectivity index (χ1) is 21.9. The summed E-state index contributed by atoms with van der Waals surface area (Å²) in [5.74, 6) is -2.39. The summed E-state index contributed by atoms with van der Waals surface area (Å²) in [7, 11) is 0. The lowest BCUT2D eigenvalue weighted by molar-refractivity contribution is -0.139. The number of rotatable bonds is 9. The maximum absolute atomic E-state index is 14.2. The molecule has 1 fully saturated rings. The minimum Gasteiger partial charge on any atom is -0.378 e. The highest BCUT2D eigenvalue weighted by Crippen LogP contribution is 2.31. The van der Waals surface area contributed by atoms with Crippen LogP contribution in [0.15, 0.2) is 103 Å². The van der Waals surface area contributed by atoms with E-state index in [-0.39, 0.29) is 12.1 Å². The second-order valence-corrected chi connectivity index (χ2v) is 11.3. The SMILES string of the molecule is O=C1C(=O)N(CC(=O)N(Cc2ccccc2)C(C(=O)Nc2ccc(N3CCOCC3)cc2)c2ccc(Cl)cc2)c2ccccc21. The molecule has 0 bridgehead atoms. The molecule has 3 amide bonds. The average molecular weight is 623 g/mol. The molecule has 1 N–H and O–H groups in total. The molecule has 2 aliphatic heterocycles. The zero-order valence-electron chi connectivity index (χ0n) is 24.4. The van der Waals surface area contributed by atoms with Crippen LogP contribution in [-0.2, 0) is 25.7 Å². The van der Waals surface area contributed by atoms with Crippen LogP contribution in [0.1, 0.15) is 27.5 Å². The molecule has 0 aliphatic carbocycles. The fourth-order valence-electron chi connectivity index (χ4n) is 5.64. The summed E-state index contributed by atoms with van der Waals surface area (Å²) in [5.41, 5.74) is 3.53. The molecule has 10 heteroatoms. The first kappa shape index (κ1) is 30.1. The summed E-state index contributed by atoms with van der Waals surface area (Å²) in [6.07, 6.45) is 0. The van der Waals surface area contributed by atoms with Gasteiger partial charge in [0.25, 0.3) is 17.6 Å². The van der Waals surface area contributed by atoms with Gasteiger partial charge in [-0.1, -0.05) is 66.2 Å². The predicted octanol–water partition coefficient (Wildman–Crippen LogP) is 5.11. The molecule has 1 unspecified atom stereocenters. The van der Waals surface area contributed by atoms with E-state index in [9.17, 15) is 19.2 Å². The molecule has 0 saturated carbocycles. The molecule has 45 heavy (non-hydrogen) atoms. The number of hydrogen-bond acceptors (Lipinski definition) is 6. The number of fused-ring (bicyclic) bond motifs is 1. The molecule has 0 aromatic heterocycles. The lowest BCUT2D eigenvalue weighted by atomic mass is 10.0. The number of nitrogens with one attached hydrogen (secondary N) is 1. The van der Waals surface area contributed by atoms with Gasteiger partial charge in [0.05, 0.1) is 24.5 Å². The van der Waals surface area contributed by atoms with Crippen molar-refractivity contribution in [3.8, 4) is 0 Å². The van der Waals surface area contributed by atoms with Crippen molar-refractivity contribution in [1.29, 1.82) is 0 Å². The van der Waals surface area contributed by atoms with E-state index < -0.39 is 36.1 Å². The van der Waals surface area contributed by atoms with Crippen molar-refractivity contribution in [2.45, 2.75) is 12.6 Å². The fraction of sp³-hybridized carbons (Fsp3) is 0.200. The van der Waals surface area contributed by atoms with Gasteiger partial charge in [-0.3, -0.25) is 24.1 Å². The van der Waals surface area contributed by atoms with Gasteiger partial charge in [-0.25, -0.2) is 0 Å². The Morgan fingerprint density at radius 2 is 1.51 bits per heavy atom. The van der Waals surface area contributed by atoms with Crippen LogP contribution in [0.3, 0.4) is 0 Å². The lowest BCUT2D eigenvalue weighted by Gasteiger charge is -2.33. The number of anilines is 3. The van der Waals surface area contributed by atoms with Gasteiger partial charge < -0.3 is 19.9 Å². The largest absolute Gasteiger partial charge is 0.378 e. The van der Waals surface area contributed by atoms with E-state index in [1.165, 1.54) is 9.80 Å². The Morgan fingerprint density at radius 3 is 2.22 bits per heavy atom. The van der Waals surface area contributed by atoms with Gasteiger partial charge in [-0.05, 0) is 59.7 Å². The van der Waals surface area contributed by atoms with Gasteiger partial charge >= 0.3 is 0 Å². The van der Waals surface area contributed by atoms with Crippen molar-refractivity contribution < 1.29 is 23.9 Å². The fourth-order valence-corrected chi connectivity index (χ4v) is 5.77. The van der Waals surface area contributed by atoms with Gasteiger partial charge in [0.15, 0.2) is 0 Å². The number of para-hydroxylation sites is 1. The van der Waals surface area contributed by atoms with Gasteiger partial charge in [-0.2, -0.15) is 0 Å². The molecule has 0 spiro atoms. The van der Waals surface area contributed by atoms with Gasteiger partial charge in [0, 0.05) is 36.0 Å². The molecule has 4 aromatic carbocycles. The van der Waals surface area contributed by atoms with Crippen molar-refractivity contribution in [2.24, 2.45) is 0 Å². The number of nitrogens with zero attached hydrogens (tertiary/aromatic N) is 3. The molecule has 4 aromatic rings. The second kappa shape index (κ2) is 13.3. The van der Waals surface area contributed by atoms with Crippen molar-refractivity contribution in [1.82, 2.24) is 4.90 Å². The monoisotopic (exact) mass is 622 g/mol. The molecule has 1 atom stereocenters. The number of ether oxygens (including phenoxy) is 1. The van der Waals surface area contributed by atoms with Crippen LogP contribution in [0.4, 0.5) is 17.1 Å².